The summed E-state index contributed by atoms with van der Waals surface area (Å²) in [5.41, 5.74) is 6.40. The largest absolute Gasteiger partial charge is 0.492 e. The van der Waals surface area contributed by atoms with Crippen LogP contribution >= 0.6 is 0 Å². The fraction of sp³-hybridized carbons (Fsp3) is 0.286. The molecule has 0 amide bonds. The maximum Gasteiger partial charge on any atom is 0.119 e. The minimum Gasteiger partial charge on any atom is -0.492 e. The molecule has 1 N–H and O–H groups in total. The van der Waals surface area contributed by atoms with Gasteiger partial charge in [0.2, 0.25) is 0 Å². The standard InChI is InChI=1S/C28H32N2O/c1-2-27(23-9-5-3-6-10-23)28(24-11-7-4-8-12-24)25-13-15-26(16-14-25)31-22-21-30-19-17-29-18-20-30/h3-16,29H,2,17-22H2,1H3. The van der Waals surface area contributed by atoms with Crippen LogP contribution in [-0.2, 0) is 0 Å². The van der Waals surface area contributed by atoms with Gasteiger partial charge >= 0.3 is 0 Å². The Hall–Kier alpha value is -2.88. The molecular weight excluding hydrogens is 380 g/mol. The first kappa shape index (κ1) is 21.4. The van der Waals surface area contributed by atoms with E-state index in [1.807, 2.05) is 0 Å². The highest BCUT2D eigenvalue weighted by Gasteiger charge is 2.13. The maximum absolute atomic E-state index is 6.04. The van der Waals surface area contributed by atoms with Crippen molar-refractivity contribution in [1.82, 2.24) is 10.2 Å². The average molecular weight is 413 g/mol. The second-order valence-electron chi connectivity index (χ2n) is 7.90. The van der Waals surface area contributed by atoms with Gasteiger partial charge in [-0.1, -0.05) is 79.7 Å². The fourth-order valence-electron chi connectivity index (χ4n) is 4.23. The second kappa shape index (κ2) is 10.9. The van der Waals surface area contributed by atoms with Gasteiger partial charge in [-0.3, -0.25) is 4.90 Å². The number of ether oxygens (including phenoxy) is 1. The summed E-state index contributed by atoms with van der Waals surface area (Å²) in [6, 6.07) is 30.0. The first-order valence-corrected chi connectivity index (χ1v) is 11.4. The summed E-state index contributed by atoms with van der Waals surface area (Å²) in [5, 5.41) is 3.39. The third-order valence-corrected chi connectivity index (χ3v) is 5.87. The number of nitrogens with one attached hydrogen (secondary N) is 1. The Morgan fingerprint density at radius 1 is 0.774 bits per heavy atom. The van der Waals surface area contributed by atoms with Crippen molar-refractivity contribution in [2.45, 2.75) is 13.3 Å². The summed E-state index contributed by atoms with van der Waals surface area (Å²) >= 11 is 0. The zero-order valence-corrected chi connectivity index (χ0v) is 18.4. The molecule has 0 aliphatic carbocycles. The Kier molecular flexibility index (Phi) is 7.54. The molecular formula is C28H32N2O. The van der Waals surface area contributed by atoms with Gasteiger partial charge in [0.15, 0.2) is 0 Å². The molecule has 1 fully saturated rings. The van der Waals surface area contributed by atoms with Crippen LogP contribution in [0.3, 0.4) is 0 Å². The molecule has 31 heavy (non-hydrogen) atoms. The van der Waals surface area contributed by atoms with Crippen LogP contribution in [0.4, 0.5) is 0 Å². The van der Waals surface area contributed by atoms with Gasteiger partial charge in [0.1, 0.15) is 12.4 Å². The number of hydrogen-bond acceptors (Lipinski definition) is 3. The fourth-order valence-corrected chi connectivity index (χ4v) is 4.23. The molecule has 1 heterocycles. The summed E-state index contributed by atoms with van der Waals surface area (Å²) in [6.07, 6.45) is 0.969. The van der Waals surface area contributed by atoms with Crippen molar-refractivity contribution >= 4 is 11.1 Å². The first-order chi connectivity index (χ1) is 15.3. The minimum absolute atomic E-state index is 0.727. The van der Waals surface area contributed by atoms with E-state index in [1.165, 1.54) is 27.8 Å². The Labute approximate surface area is 186 Å². The highest BCUT2D eigenvalue weighted by molar-refractivity contribution is 5.98. The Morgan fingerprint density at radius 3 is 1.97 bits per heavy atom. The molecule has 0 saturated carbocycles. The lowest BCUT2D eigenvalue weighted by Gasteiger charge is -2.26. The maximum atomic E-state index is 6.04. The van der Waals surface area contributed by atoms with Gasteiger partial charge in [-0.05, 0) is 46.4 Å². The summed E-state index contributed by atoms with van der Waals surface area (Å²) in [7, 11) is 0. The lowest BCUT2D eigenvalue weighted by atomic mass is 9.88. The van der Waals surface area contributed by atoms with Crippen LogP contribution in [0.2, 0.25) is 0 Å². The molecule has 3 aromatic rings. The second-order valence-corrected chi connectivity index (χ2v) is 7.90. The van der Waals surface area contributed by atoms with Gasteiger partial charge in [0, 0.05) is 32.7 Å². The van der Waals surface area contributed by atoms with Crippen LogP contribution in [0.25, 0.3) is 11.1 Å². The highest BCUT2D eigenvalue weighted by Crippen LogP contribution is 2.34. The van der Waals surface area contributed by atoms with E-state index < -0.39 is 0 Å². The van der Waals surface area contributed by atoms with Gasteiger partial charge in [-0.15, -0.1) is 0 Å². The summed E-state index contributed by atoms with van der Waals surface area (Å²) in [4.78, 5) is 2.45. The van der Waals surface area contributed by atoms with E-state index in [1.54, 1.807) is 0 Å². The first-order valence-electron chi connectivity index (χ1n) is 11.4. The number of piperazine rings is 1. The van der Waals surface area contributed by atoms with Crippen molar-refractivity contribution in [1.29, 1.82) is 0 Å². The Balaban J connectivity index is 1.56. The van der Waals surface area contributed by atoms with Gasteiger partial charge in [0.05, 0.1) is 0 Å². The molecule has 0 atom stereocenters. The highest BCUT2D eigenvalue weighted by atomic mass is 16.5. The normalized spacial score (nSPS) is 15.4. The zero-order valence-electron chi connectivity index (χ0n) is 18.4. The molecule has 0 bridgehead atoms. The predicted octanol–water partition coefficient (Wildman–Crippen LogP) is 5.34. The van der Waals surface area contributed by atoms with Gasteiger partial charge in [-0.2, -0.15) is 0 Å². The predicted molar refractivity (Wildman–Crippen MR) is 130 cm³/mol. The number of allylic oxidation sites excluding steroid dienone is 1. The quantitative estimate of drug-likeness (QED) is 0.506. The lowest BCUT2D eigenvalue weighted by Crippen LogP contribution is -2.44. The van der Waals surface area contributed by atoms with Crippen molar-refractivity contribution < 1.29 is 4.74 Å². The van der Waals surface area contributed by atoms with E-state index in [9.17, 15) is 0 Å². The van der Waals surface area contributed by atoms with Crippen molar-refractivity contribution in [2.24, 2.45) is 0 Å². The Morgan fingerprint density at radius 2 is 1.35 bits per heavy atom. The molecule has 0 spiro atoms. The molecule has 1 saturated heterocycles. The molecule has 1 aliphatic rings. The lowest BCUT2D eigenvalue weighted by molar-refractivity contribution is 0.191. The van der Waals surface area contributed by atoms with Gasteiger partial charge < -0.3 is 10.1 Å². The van der Waals surface area contributed by atoms with Gasteiger partial charge in [-0.25, -0.2) is 0 Å². The summed E-state index contributed by atoms with van der Waals surface area (Å²) < 4.78 is 6.04. The molecule has 0 radical (unpaired) electrons. The molecule has 160 valence electrons. The molecule has 1 aliphatic heterocycles. The van der Waals surface area contributed by atoms with Crippen LogP contribution in [0.15, 0.2) is 84.9 Å². The number of nitrogens with zero attached hydrogens (tertiary/aromatic N) is 1. The molecule has 4 rings (SSSR count). The number of rotatable bonds is 8. The van der Waals surface area contributed by atoms with Crippen LogP contribution in [0, 0.1) is 0 Å². The molecule has 3 aromatic carbocycles. The van der Waals surface area contributed by atoms with E-state index in [4.69, 9.17) is 4.74 Å². The van der Waals surface area contributed by atoms with E-state index in [0.717, 1.165) is 51.5 Å². The molecule has 0 unspecified atom stereocenters. The third kappa shape index (κ3) is 5.63. The van der Waals surface area contributed by atoms with Crippen LogP contribution < -0.4 is 10.1 Å². The minimum atomic E-state index is 0.727. The molecule has 3 nitrogen and oxygen atoms in total. The van der Waals surface area contributed by atoms with Gasteiger partial charge in [0.25, 0.3) is 0 Å². The SMILES string of the molecule is CCC(=C(c1ccccc1)c1ccc(OCCN2CCNCC2)cc1)c1ccccc1. The van der Waals surface area contributed by atoms with Crippen molar-refractivity contribution in [2.75, 3.05) is 39.3 Å². The average Bonchev–Trinajstić information content (AvgIpc) is 2.85. The van der Waals surface area contributed by atoms with E-state index >= 15 is 0 Å². The van der Waals surface area contributed by atoms with E-state index in [0.29, 0.717) is 0 Å². The summed E-state index contributed by atoms with van der Waals surface area (Å²) in [5.74, 6) is 0.934. The van der Waals surface area contributed by atoms with Crippen molar-refractivity contribution in [3.05, 3.63) is 102 Å². The van der Waals surface area contributed by atoms with Crippen molar-refractivity contribution in [3.8, 4) is 5.75 Å². The van der Waals surface area contributed by atoms with E-state index in [2.05, 4.69) is 102 Å². The Bertz CT molecular complexity index is 959. The number of benzene rings is 3. The third-order valence-electron chi connectivity index (χ3n) is 5.87. The van der Waals surface area contributed by atoms with E-state index in [-0.39, 0.29) is 0 Å². The zero-order chi connectivity index (χ0) is 21.3. The topological polar surface area (TPSA) is 24.5 Å². The summed E-state index contributed by atoms with van der Waals surface area (Å²) in [6.45, 7) is 8.30. The van der Waals surface area contributed by atoms with Crippen molar-refractivity contribution in [3.63, 3.8) is 0 Å². The van der Waals surface area contributed by atoms with Crippen LogP contribution in [0.1, 0.15) is 30.0 Å². The molecule has 0 aromatic heterocycles. The monoisotopic (exact) mass is 412 g/mol. The number of hydrogen-bond donors (Lipinski definition) is 1. The smallest absolute Gasteiger partial charge is 0.119 e. The van der Waals surface area contributed by atoms with Crippen LogP contribution in [0.5, 0.6) is 5.75 Å². The van der Waals surface area contributed by atoms with Crippen LogP contribution in [-0.4, -0.2) is 44.2 Å². The molecule has 3 heteroatoms.